The van der Waals surface area contributed by atoms with Crippen LogP contribution in [0.3, 0.4) is 0 Å². The molecule has 0 fully saturated rings. The van der Waals surface area contributed by atoms with Gasteiger partial charge in [-0.15, -0.1) is 6.58 Å². The number of hydrogen-bond donors (Lipinski definition) is 0. The van der Waals surface area contributed by atoms with E-state index < -0.39 is 0 Å². The third kappa shape index (κ3) is 4.42. The zero-order chi connectivity index (χ0) is 20.8. The lowest BCUT2D eigenvalue weighted by Crippen LogP contribution is -2.22. The molecule has 0 radical (unpaired) electrons. The molecule has 1 heterocycles. The maximum atomic E-state index is 5.80. The van der Waals surface area contributed by atoms with E-state index in [4.69, 9.17) is 17.3 Å². The summed E-state index contributed by atoms with van der Waals surface area (Å²) < 4.78 is 4.65. The second kappa shape index (κ2) is 9.37. The molecule has 0 bridgehead atoms. The molecule has 0 saturated carbocycles. The van der Waals surface area contributed by atoms with Crippen LogP contribution in [-0.4, -0.2) is 14.3 Å². The molecule has 0 aliphatic carbocycles. The molecule has 0 aliphatic rings. The summed E-state index contributed by atoms with van der Waals surface area (Å²) in [6.45, 7) is 5.06. The lowest BCUT2D eigenvalue weighted by molar-refractivity contribution is 0.603. The highest BCUT2D eigenvalue weighted by molar-refractivity contribution is 7.71. The van der Waals surface area contributed by atoms with Gasteiger partial charge >= 0.3 is 0 Å². The van der Waals surface area contributed by atoms with E-state index in [9.17, 15) is 0 Å². The molecule has 0 atom stereocenters. The number of aromatic nitrogens is 3. The third-order valence-corrected chi connectivity index (χ3v) is 5.36. The minimum atomic E-state index is 0.527. The number of rotatable bonds is 8. The summed E-state index contributed by atoms with van der Waals surface area (Å²) in [7, 11) is 0. The first-order valence-corrected chi connectivity index (χ1v) is 10.4. The van der Waals surface area contributed by atoms with Crippen molar-refractivity contribution in [2.75, 3.05) is 4.90 Å². The van der Waals surface area contributed by atoms with Gasteiger partial charge in [0.25, 0.3) is 0 Å². The first kappa shape index (κ1) is 19.9. The van der Waals surface area contributed by atoms with E-state index in [1.54, 1.807) is 0 Å². The Labute approximate surface area is 182 Å². The number of hydrogen-bond acceptors (Lipinski definition) is 3. The van der Waals surface area contributed by atoms with Crippen LogP contribution >= 0.6 is 12.2 Å². The summed E-state index contributed by atoms with van der Waals surface area (Å²) in [4.78, 5) is 2.22. The van der Waals surface area contributed by atoms with Crippen molar-refractivity contribution in [3.63, 3.8) is 0 Å². The number of benzene rings is 3. The van der Waals surface area contributed by atoms with Gasteiger partial charge in [-0.1, -0.05) is 72.8 Å². The Morgan fingerprint density at radius 2 is 1.37 bits per heavy atom. The van der Waals surface area contributed by atoms with Crippen molar-refractivity contribution in [1.82, 2.24) is 14.3 Å². The van der Waals surface area contributed by atoms with Crippen LogP contribution < -0.4 is 4.90 Å². The normalized spacial score (nSPS) is 10.7. The van der Waals surface area contributed by atoms with E-state index in [0.29, 0.717) is 18.0 Å². The molecule has 30 heavy (non-hydrogen) atoms. The topological polar surface area (TPSA) is 26.0 Å². The van der Waals surface area contributed by atoms with Crippen molar-refractivity contribution >= 4 is 23.6 Å². The predicted molar refractivity (Wildman–Crippen MR) is 126 cm³/mol. The molecule has 0 amide bonds. The molecule has 4 aromatic rings. The minimum Gasteiger partial charge on any atom is -0.321 e. The highest BCUT2D eigenvalue weighted by Crippen LogP contribution is 2.25. The van der Waals surface area contributed by atoms with Crippen molar-refractivity contribution in [2.45, 2.75) is 19.6 Å². The Bertz CT molecular complexity index is 1110. The largest absolute Gasteiger partial charge is 0.321 e. The van der Waals surface area contributed by atoms with Crippen LogP contribution in [0.15, 0.2) is 104 Å². The van der Waals surface area contributed by atoms with Crippen LogP contribution in [-0.2, 0) is 19.6 Å². The van der Waals surface area contributed by atoms with Crippen molar-refractivity contribution in [1.29, 1.82) is 0 Å². The molecular weight excluding hydrogens is 388 g/mol. The van der Waals surface area contributed by atoms with E-state index in [-0.39, 0.29) is 0 Å². The zero-order valence-corrected chi connectivity index (χ0v) is 17.6. The SMILES string of the molecule is C=CCn1c(Cc2ccccc2)nn(CN(c2ccccc2)c2ccccc2)c1=S. The molecule has 4 nitrogen and oxygen atoms in total. The molecule has 150 valence electrons. The van der Waals surface area contributed by atoms with Gasteiger partial charge in [0, 0.05) is 24.3 Å². The van der Waals surface area contributed by atoms with Crippen LogP contribution in [0.5, 0.6) is 0 Å². The second-order valence-corrected chi connectivity index (χ2v) is 7.37. The Morgan fingerprint density at radius 3 is 1.90 bits per heavy atom. The molecular formula is C25H24N4S. The molecule has 0 aliphatic heterocycles. The van der Waals surface area contributed by atoms with E-state index in [2.05, 4.69) is 52.4 Å². The first-order chi connectivity index (χ1) is 14.8. The average molecular weight is 413 g/mol. The molecule has 0 spiro atoms. The summed E-state index contributed by atoms with van der Waals surface area (Å²) in [5.74, 6) is 0.937. The number of para-hydroxylation sites is 2. The fourth-order valence-electron chi connectivity index (χ4n) is 3.46. The molecule has 5 heteroatoms. The Hall–Kier alpha value is -3.44. The van der Waals surface area contributed by atoms with E-state index in [1.807, 2.05) is 65.4 Å². The van der Waals surface area contributed by atoms with E-state index >= 15 is 0 Å². The van der Waals surface area contributed by atoms with Gasteiger partial charge in [0.1, 0.15) is 12.5 Å². The van der Waals surface area contributed by atoms with Gasteiger partial charge in [-0.3, -0.25) is 4.57 Å². The fraction of sp³-hybridized carbons (Fsp3) is 0.120. The smallest absolute Gasteiger partial charge is 0.199 e. The highest BCUT2D eigenvalue weighted by atomic mass is 32.1. The van der Waals surface area contributed by atoms with Gasteiger partial charge in [0.05, 0.1) is 0 Å². The third-order valence-electron chi connectivity index (χ3n) is 4.93. The van der Waals surface area contributed by atoms with Gasteiger partial charge < -0.3 is 4.90 Å². The monoisotopic (exact) mass is 412 g/mol. The van der Waals surface area contributed by atoms with Crippen molar-refractivity contribution < 1.29 is 0 Å². The molecule has 4 rings (SSSR count). The Kier molecular flexibility index (Phi) is 6.20. The lowest BCUT2D eigenvalue weighted by atomic mass is 10.1. The lowest BCUT2D eigenvalue weighted by Gasteiger charge is -2.24. The number of anilines is 2. The van der Waals surface area contributed by atoms with Gasteiger partial charge in [-0.2, -0.15) is 5.10 Å². The summed E-state index contributed by atoms with van der Waals surface area (Å²) in [6, 6.07) is 31.0. The fourth-order valence-corrected chi connectivity index (χ4v) is 3.74. The van der Waals surface area contributed by atoms with Gasteiger partial charge in [0.15, 0.2) is 4.77 Å². The van der Waals surface area contributed by atoms with Crippen LogP contribution in [0.25, 0.3) is 0 Å². The van der Waals surface area contributed by atoms with E-state index in [0.717, 1.165) is 23.6 Å². The first-order valence-electron chi connectivity index (χ1n) is 9.95. The summed E-state index contributed by atoms with van der Waals surface area (Å²) in [5.41, 5.74) is 3.39. The Balaban J connectivity index is 1.72. The van der Waals surface area contributed by atoms with Crippen LogP contribution in [0.2, 0.25) is 0 Å². The number of nitrogens with zero attached hydrogens (tertiary/aromatic N) is 4. The molecule has 1 aromatic heterocycles. The van der Waals surface area contributed by atoms with Gasteiger partial charge in [-0.05, 0) is 42.0 Å². The minimum absolute atomic E-state index is 0.527. The van der Waals surface area contributed by atoms with Crippen molar-refractivity contribution in [3.05, 3.63) is 120 Å². The van der Waals surface area contributed by atoms with Crippen LogP contribution in [0, 0.1) is 4.77 Å². The summed E-state index contributed by atoms with van der Waals surface area (Å²) >= 11 is 5.80. The zero-order valence-electron chi connectivity index (χ0n) is 16.8. The highest BCUT2D eigenvalue weighted by Gasteiger charge is 2.15. The molecule has 3 aromatic carbocycles. The van der Waals surface area contributed by atoms with Crippen molar-refractivity contribution in [2.24, 2.45) is 0 Å². The van der Waals surface area contributed by atoms with Crippen LogP contribution in [0.1, 0.15) is 11.4 Å². The average Bonchev–Trinajstić information content (AvgIpc) is 3.08. The quantitative estimate of drug-likeness (QED) is 0.263. The van der Waals surface area contributed by atoms with Crippen LogP contribution in [0.4, 0.5) is 11.4 Å². The maximum absolute atomic E-state index is 5.80. The van der Waals surface area contributed by atoms with E-state index in [1.165, 1.54) is 5.56 Å². The maximum Gasteiger partial charge on any atom is 0.199 e. The Morgan fingerprint density at radius 1 is 0.833 bits per heavy atom. The molecule has 0 saturated heterocycles. The van der Waals surface area contributed by atoms with Gasteiger partial charge in [0.2, 0.25) is 0 Å². The predicted octanol–water partition coefficient (Wildman–Crippen LogP) is 5.99. The second-order valence-electron chi connectivity index (χ2n) is 7.00. The summed E-state index contributed by atoms with van der Waals surface area (Å²) in [5, 5.41) is 4.90. The standard InChI is InChI=1S/C25H24N4S/c1-2-18-27-24(19-21-12-6-3-7-13-21)26-29(25(27)30)20-28(22-14-8-4-9-15-22)23-16-10-5-11-17-23/h2-17H,1,18-20H2. The van der Waals surface area contributed by atoms with Crippen molar-refractivity contribution in [3.8, 4) is 0 Å². The number of allylic oxidation sites excluding steroid dienone is 1. The molecule has 0 N–H and O–H groups in total. The summed E-state index contributed by atoms with van der Waals surface area (Å²) in [6.07, 6.45) is 2.59. The van der Waals surface area contributed by atoms with Gasteiger partial charge in [-0.25, -0.2) is 4.68 Å². The molecule has 0 unspecified atom stereocenters.